The SMILES string of the molecule is C[C@@H](NC(=O)c1cc(N2CCC(C(=O)O)CC2)ncn1)c1ncc(C(=O)Nc2cc(C(F)(F)F)c(Cl)cn2)s1. The van der Waals surface area contributed by atoms with Crippen LogP contribution in [-0.2, 0) is 11.0 Å². The third-order valence-corrected chi connectivity index (χ3v) is 7.40. The highest BCUT2D eigenvalue weighted by molar-refractivity contribution is 7.13. The van der Waals surface area contributed by atoms with Crippen molar-refractivity contribution in [1.82, 2.24) is 25.3 Å². The second-order valence-corrected chi connectivity index (χ2v) is 10.1. The van der Waals surface area contributed by atoms with Crippen LogP contribution in [0.5, 0.6) is 0 Å². The topological polar surface area (TPSA) is 150 Å². The summed E-state index contributed by atoms with van der Waals surface area (Å²) in [7, 11) is 0. The number of aliphatic carboxylic acids is 1. The molecule has 0 aliphatic carbocycles. The molecule has 0 saturated carbocycles. The molecule has 4 rings (SSSR count). The Balaban J connectivity index is 1.38. The monoisotopic (exact) mass is 583 g/mol. The Kier molecular flexibility index (Phi) is 8.30. The lowest BCUT2D eigenvalue weighted by molar-refractivity contribution is -0.142. The molecule has 1 aliphatic rings. The molecule has 39 heavy (non-hydrogen) atoms. The van der Waals surface area contributed by atoms with Crippen LogP contribution in [0.3, 0.4) is 0 Å². The first-order valence-electron chi connectivity index (χ1n) is 11.5. The molecule has 3 aromatic rings. The number of hydrogen-bond donors (Lipinski definition) is 3. The van der Waals surface area contributed by atoms with Gasteiger partial charge in [0.05, 0.1) is 28.7 Å². The highest BCUT2D eigenvalue weighted by Crippen LogP contribution is 2.35. The van der Waals surface area contributed by atoms with Crippen molar-refractivity contribution in [3.63, 3.8) is 0 Å². The van der Waals surface area contributed by atoms with E-state index in [1.165, 1.54) is 18.6 Å². The Morgan fingerprint density at radius 2 is 1.82 bits per heavy atom. The van der Waals surface area contributed by atoms with E-state index in [-0.39, 0.29) is 16.4 Å². The zero-order chi connectivity index (χ0) is 28.3. The highest BCUT2D eigenvalue weighted by atomic mass is 35.5. The van der Waals surface area contributed by atoms with Crippen LogP contribution in [-0.4, -0.2) is 55.9 Å². The van der Waals surface area contributed by atoms with Gasteiger partial charge in [-0.3, -0.25) is 14.4 Å². The molecule has 4 heterocycles. The van der Waals surface area contributed by atoms with Gasteiger partial charge in [-0.2, -0.15) is 13.2 Å². The minimum atomic E-state index is -4.72. The van der Waals surface area contributed by atoms with Crippen molar-refractivity contribution in [2.24, 2.45) is 5.92 Å². The molecule has 0 aromatic carbocycles. The lowest BCUT2D eigenvalue weighted by Gasteiger charge is -2.30. The molecule has 1 atom stereocenters. The number of aromatic nitrogens is 4. The lowest BCUT2D eigenvalue weighted by Crippen LogP contribution is -2.37. The summed E-state index contributed by atoms with van der Waals surface area (Å²) in [6, 6.07) is 1.52. The second kappa shape index (κ2) is 11.5. The molecular formula is C23H21ClF3N7O4S. The molecule has 1 fully saturated rings. The second-order valence-electron chi connectivity index (χ2n) is 8.62. The lowest BCUT2D eigenvalue weighted by atomic mass is 9.97. The maximum absolute atomic E-state index is 13.1. The normalized spacial score (nSPS) is 15.1. The van der Waals surface area contributed by atoms with Crippen molar-refractivity contribution in [2.45, 2.75) is 32.0 Å². The number of piperidine rings is 1. The Bertz CT molecular complexity index is 1400. The third kappa shape index (κ3) is 6.78. The molecule has 0 radical (unpaired) electrons. The molecule has 206 valence electrons. The number of carboxylic acid groups (broad SMARTS) is 1. The van der Waals surface area contributed by atoms with Gasteiger partial charge in [0.1, 0.15) is 33.5 Å². The van der Waals surface area contributed by atoms with Crippen LogP contribution < -0.4 is 15.5 Å². The van der Waals surface area contributed by atoms with E-state index in [0.29, 0.717) is 42.8 Å². The van der Waals surface area contributed by atoms with Gasteiger partial charge in [-0.1, -0.05) is 11.6 Å². The van der Waals surface area contributed by atoms with E-state index in [9.17, 15) is 27.6 Å². The maximum Gasteiger partial charge on any atom is 0.418 e. The maximum atomic E-state index is 13.1. The van der Waals surface area contributed by atoms with E-state index in [0.717, 1.165) is 17.5 Å². The minimum absolute atomic E-state index is 0.0884. The van der Waals surface area contributed by atoms with Crippen LogP contribution in [0, 0.1) is 5.92 Å². The first-order valence-corrected chi connectivity index (χ1v) is 12.7. The zero-order valence-corrected chi connectivity index (χ0v) is 21.8. The van der Waals surface area contributed by atoms with Crippen molar-refractivity contribution < 1.29 is 32.7 Å². The number of halogens is 4. The van der Waals surface area contributed by atoms with E-state index >= 15 is 0 Å². The van der Waals surface area contributed by atoms with Gasteiger partial charge in [0, 0.05) is 25.4 Å². The predicted octanol–water partition coefficient (Wildman–Crippen LogP) is 4.04. The Morgan fingerprint density at radius 3 is 2.49 bits per heavy atom. The van der Waals surface area contributed by atoms with E-state index in [1.54, 1.807) is 6.92 Å². The summed E-state index contributed by atoms with van der Waals surface area (Å²) in [5, 5.41) is 14.0. The van der Waals surface area contributed by atoms with Crippen molar-refractivity contribution in [1.29, 1.82) is 0 Å². The molecule has 0 spiro atoms. The number of alkyl halides is 3. The summed E-state index contributed by atoms with van der Waals surface area (Å²) >= 11 is 6.50. The van der Waals surface area contributed by atoms with Gasteiger partial charge in [-0.15, -0.1) is 11.3 Å². The summed E-state index contributed by atoms with van der Waals surface area (Å²) in [5.41, 5.74) is -1.04. The van der Waals surface area contributed by atoms with Gasteiger partial charge in [0.15, 0.2) is 0 Å². The summed E-state index contributed by atoms with van der Waals surface area (Å²) < 4.78 is 39.2. The summed E-state index contributed by atoms with van der Waals surface area (Å²) in [5.74, 6) is -2.31. The van der Waals surface area contributed by atoms with E-state index in [4.69, 9.17) is 16.7 Å². The average Bonchev–Trinajstić information content (AvgIpc) is 3.40. The van der Waals surface area contributed by atoms with Gasteiger partial charge in [0.2, 0.25) is 0 Å². The van der Waals surface area contributed by atoms with Gasteiger partial charge in [-0.05, 0) is 25.8 Å². The van der Waals surface area contributed by atoms with Crippen molar-refractivity contribution >= 4 is 52.4 Å². The van der Waals surface area contributed by atoms with Crippen molar-refractivity contribution in [3.05, 3.63) is 57.0 Å². The first-order chi connectivity index (χ1) is 18.4. The number of hydrogen-bond acceptors (Lipinski definition) is 9. The summed E-state index contributed by atoms with van der Waals surface area (Å²) in [6.45, 7) is 2.62. The van der Waals surface area contributed by atoms with Crippen LogP contribution in [0.15, 0.2) is 30.9 Å². The number of amides is 2. The summed E-state index contributed by atoms with van der Waals surface area (Å²) in [4.78, 5) is 54.6. The number of anilines is 2. The van der Waals surface area contributed by atoms with Crippen LogP contribution in [0.2, 0.25) is 5.02 Å². The molecule has 1 aliphatic heterocycles. The molecule has 16 heteroatoms. The number of carbonyl (C=O) groups excluding carboxylic acids is 2. The molecule has 3 aromatic heterocycles. The van der Waals surface area contributed by atoms with Gasteiger partial charge in [-0.25, -0.2) is 19.9 Å². The smallest absolute Gasteiger partial charge is 0.418 e. The summed E-state index contributed by atoms with van der Waals surface area (Å²) in [6.07, 6.45) is -0.495. The van der Waals surface area contributed by atoms with Gasteiger partial charge >= 0.3 is 12.1 Å². The molecule has 1 saturated heterocycles. The number of rotatable bonds is 7. The minimum Gasteiger partial charge on any atom is -0.481 e. The number of carbonyl (C=O) groups is 3. The van der Waals surface area contributed by atoms with Crippen molar-refractivity contribution in [2.75, 3.05) is 23.3 Å². The first kappa shape index (κ1) is 28.2. The Labute approximate surface area is 228 Å². The van der Waals surface area contributed by atoms with Gasteiger partial charge in [0.25, 0.3) is 11.8 Å². The van der Waals surface area contributed by atoms with Gasteiger partial charge < -0.3 is 20.6 Å². The fraction of sp³-hybridized carbons (Fsp3) is 0.348. The van der Waals surface area contributed by atoms with E-state index in [1.807, 2.05) is 4.90 Å². The predicted molar refractivity (Wildman–Crippen MR) is 135 cm³/mol. The molecule has 0 bridgehead atoms. The Hall–Kier alpha value is -3.85. The van der Waals surface area contributed by atoms with Crippen LogP contribution >= 0.6 is 22.9 Å². The average molecular weight is 584 g/mol. The molecular weight excluding hydrogens is 563 g/mol. The highest BCUT2D eigenvalue weighted by Gasteiger charge is 2.34. The number of carboxylic acids is 1. The Morgan fingerprint density at radius 1 is 1.10 bits per heavy atom. The molecule has 2 amide bonds. The van der Waals surface area contributed by atoms with E-state index < -0.39 is 46.5 Å². The zero-order valence-electron chi connectivity index (χ0n) is 20.2. The molecule has 0 unspecified atom stereocenters. The molecule has 3 N–H and O–H groups in total. The largest absolute Gasteiger partial charge is 0.481 e. The number of thiazole rings is 1. The van der Waals surface area contributed by atoms with Crippen LogP contribution in [0.4, 0.5) is 24.8 Å². The van der Waals surface area contributed by atoms with Crippen LogP contribution in [0.25, 0.3) is 0 Å². The van der Waals surface area contributed by atoms with E-state index in [2.05, 4.69) is 30.6 Å². The molecule has 11 nitrogen and oxygen atoms in total. The number of pyridine rings is 1. The van der Waals surface area contributed by atoms with Crippen LogP contribution in [0.1, 0.15) is 56.5 Å². The fourth-order valence-corrected chi connectivity index (χ4v) is 4.85. The quantitative estimate of drug-likeness (QED) is 0.374. The number of nitrogens with one attached hydrogen (secondary N) is 2. The van der Waals surface area contributed by atoms with Crippen molar-refractivity contribution in [3.8, 4) is 0 Å². The standard InChI is InChI=1S/C23H21ClF3N7O4S/c1-11(32-19(35)15-7-18(31-10-30-15)34-4-2-12(3-5-34)22(37)38)21-29-9-16(39-21)20(36)33-17-6-13(23(25,26)27)14(24)8-28-17/h6-12H,2-5H2,1H3,(H,32,35)(H,37,38)(H,28,33,36)/t11-/m1/s1. The number of nitrogens with zero attached hydrogens (tertiary/aromatic N) is 5. The fourth-order valence-electron chi connectivity index (χ4n) is 3.83. The third-order valence-electron chi connectivity index (χ3n) is 5.92.